The van der Waals surface area contributed by atoms with E-state index in [0.29, 0.717) is 11.8 Å². The predicted octanol–water partition coefficient (Wildman–Crippen LogP) is 0.946. The molecule has 0 spiro atoms. The van der Waals surface area contributed by atoms with Gasteiger partial charge >= 0.3 is 12.0 Å². The maximum atomic E-state index is 11.7. The van der Waals surface area contributed by atoms with Crippen LogP contribution in [0.5, 0.6) is 0 Å². The highest BCUT2D eigenvalue weighted by Crippen LogP contribution is 2.30. The van der Waals surface area contributed by atoms with Crippen LogP contribution in [-0.4, -0.2) is 40.9 Å². The number of amides is 2. The number of urea groups is 1. The lowest BCUT2D eigenvalue weighted by atomic mass is 9.78. The first-order chi connectivity index (χ1) is 8.91. The molecule has 4 N–H and O–H groups in total. The molecule has 1 fully saturated rings. The number of aliphatic hydroxyl groups is 1. The minimum Gasteiger partial charge on any atom is -0.479 e. The van der Waals surface area contributed by atoms with Gasteiger partial charge in [-0.2, -0.15) is 0 Å². The number of carbonyl (C=O) groups excluding carboxylic acids is 1. The average molecular weight is 272 g/mol. The fourth-order valence-corrected chi connectivity index (χ4v) is 2.63. The molecule has 6 heteroatoms. The van der Waals surface area contributed by atoms with Crippen LogP contribution in [0.3, 0.4) is 0 Å². The third-order valence-electron chi connectivity index (χ3n) is 3.73. The summed E-state index contributed by atoms with van der Waals surface area (Å²) < 4.78 is 0. The Balaban J connectivity index is 2.39. The zero-order valence-corrected chi connectivity index (χ0v) is 11.6. The van der Waals surface area contributed by atoms with Gasteiger partial charge in [0.2, 0.25) is 0 Å². The molecule has 19 heavy (non-hydrogen) atoms. The SMILES string of the molecule is CC(C)C1CCCCC1NC(=O)NCC(O)C(=O)O. The molecule has 0 aromatic rings. The Morgan fingerprint density at radius 2 is 1.89 bits per heavy atom. The minimum atomic E-state index is -1.56. The van der Waals surface area contributed by atoms with Crippen LogP contribution in [0.4, 0.5) is 4.79 Å². The molecule has 2 amide bonds. The Kier molecular flexibility index (Phi) is 6.08. The summed E-state index contributed by atoms with van der Waals surface area (Å²) >= 11 is 0. The van der Waals surface area contributed by atoms with E-state index in [0.717, 1.165) is 19.3 Å². The first-order valence-corrected chi connectivity index (χ1v) is 6.87. The van der Waals surface area contributed by atoms with Gasteiger partial charge in [-0.05, 0) is 24.7 Å². The number of carboxylic acids is 1. The maximum absolute atomic E-state index is 11.7. The van der Waals surface area contributed by atoms with Crippen molar-refractivity contribution in [3.63, 3.8) is 0 Å². The fourth-order valence-electron chi connectivity index (χ4n) is 2.63. The Hall–Kier alpha value is -1.30. The summed E-state index contributed by atoms with van der Waals surface area (Å²) in [5.74, 6) is -0.364. The van der Waals surface area contributed by atoms with Crippen molar-refractivity contribution in [2.45, 2.75) is 51.7 Å². The fraction of sp³-hybridized carbons (Fsp3) is 0.846. The van der Waals surface area contributed by atoms with Crippen LogP contribution in [0.2, 0.25) is 0 Å². The van der Waals surface area contributed by atoms with Crippen molar-refractivity contribution in [2.24, 2.45) is 11.8 Å². The van der Waals surface area contributed by atoms with Gasteiger partial charge in [-0.3, -0.25) is 0 Å². The van der Waals surface area contributed by atoms with Gasteiger partial charge in [0.15, 0.2) is 6.10 Å². The quantitative estimate of drug-likeness (QED) is 0.598. The van der Waals surface area contributed by atoms with Gasteiger partial charge in [0.05, 0.1) is 6.54 Å². The van der Waals surface area contributed by atoms with Gasteiger partial charge in [-0.25, -0.2) is 9.59 Å². The van der Waals surface area contributed by atoms with Crippen LogP contribution in [-0.2, 0) is 4.79 Å². The lowest BCUT2D eigenvalue weighted by molar-refractivity contribution is -0.146. The molecule has 1 saturated carbocycles. The van der Waals surface area contributed by atoms with Gasteiger partial charge in [0.25, 0.3) is 0 Å². The smallest absolute Gasteiger partial charge is 0.334 e. The number of hydrogen-bond donors (Lipinski definition) is 4. The standard InChI is InChI=1S/C13H24N2O4/c1-8(2)9-5-3-4-6-10(9)15-13(19)14-7-11(16)12(17)18/h8-11,16H,3-7H2,1-2H3,(H,17,18)(H2,14,15,19). The van der Waals surface area contributed by atoms with Crippen LogP contribution < -0.4 is 10.6 Å². The van der Waals surface area contributed by atoms with E-state index in [4.69, 9.17) is 10.2 Å². The summed E-state index contributed by atoms with van der Waals surface area (Å²) in [6, 6.07) is -0.270. The van der Waals surface area contributed by atoms with E-state index in [1.807, 2.05) is 0 Å². The molecule has 0 aromatic carbocycles. The molecular formula is C13H24N2O4. The molecule has 1 rings (SSSR count). The van der Waals surface area contributed by atoms with Crippen molar-refractivity contribution in [3.05, 3.63) is 0 Å². The van der Waals surface area contributed by atoms with E-state index >= 15 is 0 Å². The van der Waals surface area contributed by atoms with E-state index in [9.17, 15) is 9.59 Å². The van der Waals surface area contributed by atoms with E-state index in [1.54, 1.807) is 0 Å². The van der Waals surface area contributed by atoms with Crippen molar-refractivity contribution in [3.8, 4) is 0 Å². The highest BCUT2D eigenvalue weighted by atomic mass is 16.4. The van der Waals surface area contributed by atoms with Crippen LogP contribution in [0.25, 0.3) is 0 Å². The van der Waals surface area contributed by atoms with Crippen LogP contribution in [0.15, 0.2) is 0 Å². The molecule has 3 atom stereocenters. The lowest BCUT2D eigenvalue weighted by Crippen LogP contribution is -2.49. The van der Waals surface area contributed by atoms with E-state index in [-0.39, 0.29) is 12.6 Å². The van der Waals surface area contributed by atoms with Crippen LogP contribution in [0, 0.1) is 11.8 Å². The largest absolute Gasteiger partial charge is 0.479 e. The average Bonchev–Trinajstić information content (AvgIpc) is 2.36. The zero-order valence-electron chi connectivity index (χ0n) is 11.6. The van der Waals surface area contributed by atoms with Crippen LogP contribution in [0.1, 0.15) is 39.5 Å². The minimum absolute atomic E-state index is 0.135. The second-order valence-corrected chi connectivity index (χ2v) is 5.51. The molecule has 0 saturated heterocycles. The summed E-state index contributed by atoms with van der Waals surface area (Å²) in [5, 5.41) is 22.9. The van der Waals surface area contributed by atoms with Gasteiger partial charge < -0.3 is 20.8 Å². The monoisotopic (exact) mass is 272 g/mol. The van der Waals surface area contributed by atoms with Gasteiger partial charge in [0.1, 0.15) is 0 Å². The van der Waals surface area contributed by atoms with Crippen molar-refractivity contribution in [1.29, 1.82) is 0 Å². The third-order valence-corrected chi connectivity index (χ3v) is 3.73. The Morgan fingerprint density at radius 1 is 1.26 bits per heavy atom. The first kappa shape index (κ1) is 15.8. The number of carboxylic acid groups (broad SMARTS) is 1. The summed E-state index contributed by atoms with van der Waals surface area (Å²) in [4.78, 5) is 22.1. The number of aliphatic carboxylic acids is 1. The zero-order chi connectivity index (χ0) is 14.4. The molecule has 3 unspecified atom stereocenters. The van der Waals surface area contributed by atoms with Gasteiger partial charge in [-0.1, -0.05) is 26.7 Å². The number of hydrogen-bond acceptors (Lipinski definition) is 3. The van der Waals surface area contributed by atoms with E-state index < -0.39 is 18.1 Å². The van der Waals surface area contributed by atoms with E-state index in [1.165, 1.54) is 6.42 Å². The van der Waals surface area contributed by atoms with Crippen molar-refractivity contribution in [1.82, 2.24) is 10.6 Å². The number of rotatable bonds is 5. The molecule has 110 valence electrons. The summed E-state index contributed by atoms with van der Waals surface area (Å²) in [6.45, 7) is 4.02. The van der Waals surface area contributed by atoms with Crippen molar-refractivity contribution < 1.29 is 19.8 Å². The molecule has 0 bridgehead atoms. The highest BCUT2D eigenvalue weighted by Gasteiger charge is 2.28. The highest BCUT2D eigenvalue weighted by molar-refractivity contribution is 5.76. The van der Waals surface area contributed by atoms with Gasteiger partial charge in [0, 0.05) is 6.04 Å². The molecule has 0 aromatic heterocycles. The molecule has 6 nitrogen and oxygen atoms in total. The molecule has 1 aliphatic carbocycles. The second-order valence-electron chi connectivity index (χ2n) is 5.51. The van der Waals surface area contributed by atoms with Crippen molar-refractivity contribution >= 4 is 12.0 Å². The summed E-state index contributed by atoms with van der Waals surface area (Å²) in [5.41, 5.74) is 0. The van der Waals surface area contributed by atoms with E-state index in [2.05, 4.69) is 24.5 Å². The Bertz CT molecular complexity index is 320. The maximum Gasteiger partial charge on any atom is 0.334 e. The Labute approximate surface area is 113 Å². The third kappa shape index (κ3) is 5.06. The second kappa shape index (κ2) is 7.33. The molecule has 1 aliphatic rings. The predicted molar refractivity (Wildman–Crippen MR) is 70.8 cm³/mol. The Morgan fingerprint density at radius 3 is 2.47 bits per heavy atom. The normalized spacial score (nSPS) is 24.8. The lowest BCUT2D eigenvalue weighted by Gasteiger charge is -2.34. The molecule has 0 aliphatic heterocycles. The molecule has 0 heterocycles. The van der Waals surface area contributed by atoms with Gasteiger partial charge in [-0.15, -0.1) is 0 Å². The number of aliphatic hydroxyl groups excluding tert-OH is 1. The first-order valence-electron chi connectivity index (χ1n) is 6.87. The van der Waals surface area contributed by atoms with Crippen LogP contribution >= 0.6 is 0 Å². The van der Waals surface area contributed by atoms with Crippen molar-refractivity contribution in [2.75, 3.05) is 6.54 Å². The number of carbonyl (C=O) groups is 2. The molecule has 0 radical (unpaired) electrons. The molecular weight excluding hydrogens is 248 g/mol. The topological polar surface area (TPSA) is 98.7 Å². The number of nitrogens with one attached hydrogen (secondary N) is 2. The summed E-state index contributed by atoms with van der Waals surface area (Å²) in [7, 11) is 0. The summed E-state index contributed by atoms with van der Waals surface area (Å²) in [6.07, 6.45) is 2.81.